The van der Waals surface area contributed by atoms with E-state index in [0.29, 0.717) is 0 Å². The molecule has 1 rings (SSSR count). The van der Waals surface area contributed by atoms with Gasteiger partial charge in [-0.2, -0.15) is 13.2 Å². The Hall–Kier alpha value is -0.780. The third-order valence-corrected chi connectivity index (χ3v) is 2.66. The highest BCUT2D eigenvalue weighted by molar-refractivity contribution is 5.81. The number of likely N-dealkylation sites (tertiary alicyclic amines) is 1. The van der Waals surface area contributed by atoms with Gasteiger partial charge in [-0.25, -0.2) is 0 Å². The molecule has 1 saturated heterocycles. The van der Waals surface area contributed by atoms with E-state index in [-0.39, 0.29) is 12.6 Å². The molecule has 1 fully saturated rings. The van der Waals surface area contributed by atoms with Gasteiger partial charge in [0.2, 0.25) is 0 Å². The number of alkyl halides is 3. The van der Waals surface area contributed by atoms with Crippen molar-refractivity contribution in [2.45, 2.75) is 32.0 Å². The number of hydrogen-bond donors (Lipinski definition) is 1. The number of nitrogens with one attached hydrogen (secondary N) is 1. The monoisotopic (exact) mass is 224 g/mol. The standard InChI is InChI=1S/C9H15F3N2O/c1-2-14-5-3-4-7(14)6-13-8(15)9(10,11)12/h7H,2-6H2,1H3,(H,13,15). The molecule has 1 aliphatic rings. The molecule has 15 heavy (non-hydrogen) atoms. The number of halogens is 3. The number of rotatable bonds is 3. The van der Waals surface area contributed by atoms with Crippen LogP contribution < -0.4 is 5.32 Å². The van der Waals surface area contributed by atoms with E-state index in [0.717, 1.165) is 25.9 Å². The second-order valence-electron chi connectivity index (χ2n) is 3.63. The van der Waals surface area contributed by atoms with Gasteiger partial charge >= 0.3 is 12.1 Å². The minimum absolute atomic E-state index is 0.0568. The average molecular weight is 224 g/mol. The quantitative estimate of drug-likeness (QED) is 0.780. The normalized spacial score (nSPS) is 23.1. The summed E-state index contributed by atoms with van der Waals surface area (Å²) in [6.45, 7) is 3.77. The van der Waals surface area contributed by atoms with Gasteiger partial charge in [-0.3, -0.25) is 9.69 Å². The summed E-state index contributed by atoms with van der Waals surface area (Å²) in [6, 6.07) is 0.0568. The Bertz CT molecular complexity index is 230. The van der Waals surface area contributed by atoms with E-state index in [4.69, 9.17) is 0 Å². The van der Waals surface area contributed by atoms with Gasteiger partial charge in [0.15, 0.2) is 0 Å². The molecule has 0 aromatic carbocycles. The Labute approximate surface area is 86.6 Å². The van der Waals surface area contributed by atoms with Crippen LogP contribution in [0.2, 0.25) is 0 Å². The summed E-state index contributed by atoms with van der Waals surface area (Å²) in [5.41, 5.74) is 0. The van der Waals surface area contributed by atoms with Gasteiger partial charge in [-0.05, 0) is 25.9 Å². The maximum Gasteiger partial charge on any atom is 0.471 e. The second-order valence-corrected chi connectivity index (χ2v) is 3.63. The van der Waals surface area contributed by atoms with Crippen molar-refractivity contribution >= 4 is 5.91 Å². The van der Waals surface area contributed by atoms with Crippen LogP contribution in [0.3, 0.4) is 0 Å². The molecule has 1 aliphatic heterocycles. The predicted molar refractivity (Wildman–Crippen MR) is 49.3 cm³/mol. The molecule has 0 radical (unpaired) electrons. The smallest absolute Gasteiger partial charge is 0.347 e. The van der Waals surface area contributed by atoms with Crippen LogP contribution in [0.25, 0.3) is 0 Å². The summed E-state index contributed by atoms with van der Waals surface area (Å²) in [4.78, 5) is 12.6. The highest BCUT2D eigenvalue weighted by atomic mass is 19.4. The molecule has 0 aromatic rings. The maximum absolute atomic E-state index is 11.9. The fourth-order valence-corrected chi connectivity index (χ4v) is 1.85. The molecule has 6 heteroatoms. The van der Waals surface area contributed by atoms with Gasteiger partial charge < -0.3 is 5.32 Å². The first kappa shape index (κ1) is 12.3. The minimum Gasteiger partial charge on any atom is -0.347 e. The summed E-state index contributed by atoms with van der Waals surface area (Å²) in [6.07, 6.45) is -2.93. The zero-order valence-corrected chi connectivity index (χ0v) is 8.60. The van der Waals surface area contributed by atoms with Crippen molar-refractivity contribution in [2.75, 3.05) is 19.6 Å². The van der Waals surface area contributed by atoms with E-state index in [1.807, 2.05) is 12.2 Å². The van der Waals surface area contributed by atoms with Crippen LogP contribution in [0.15, 0.2) is 0 Å². The van der Waals surface area contributed by atoms with Crippen LogP contribution in [0, 0.1) is 0 Å². The first-order valence-corrected chi connectivity index (χ1v) is 5.04. The first-order valence-electron chi connectivity index (χ1n) is 5.04. The van der Waals surface area contributed by atoms with Crippen LogP contribution in [0.5, 0.6) is 0 Å². The maximum atomic E-state index is 11.9. The Morgan fingerprint density at radius 1 is 1.53 bits per heavy atom. The number of nitrogens with zero attached hydrogens (tertiary/aromatic N) is 1. The Morgan fingerprint density at radius 3 is 2.73 bits per heavy atom. The van der Waals surface area contributed by atoms with Crippen molar-refractivity contribution in [2.24, 2.45) is 0 Å². The number of carbonyl (C=O) groups excluding carboxylic acids is 1. The number of carbonyl (C=O) groups is 1. The van der Waals surface area contributed by atoms with Gasteiger partial charge in [0.05, 0.1) is 0 Å². The topological polar surface area (TPSA) is 32.3 Å². The number of amides is 1. The fourth-order valence-electron chi connectivity index (χ4n) is 1.85. The lowest BCUT2D eigenvalue weighted by molar-refractivity contribution is -0.173. The molecule has 3 nitrogen and oxygen atoms in total. The van der Waals surface area contributed by atoms with Gasteiger partial charge in [-0.15, -0.1) is 0 Å². The van der Waals surface area contributed by atoms with Crippen molar-refractivity contribution in [3.63, 3.8) is 0 Å². The van der Waals surface area contributed by atoms with E-state index in [1.54, 1.807) is 0 Å². The SMILES string of the molecule is CCN1CCCC1CNC(=O)C(F)(F)F. The lowest BCUT2D eigenvalue weighted by atomic mass is 10.2. The van der Waals surface area contributed by atoms with Crippen molar-refractivity contribution < 1.29 is 18.0 Å². The molecule has 1 heterocycles. The molecule has 1 amide bonds. The Kier molecular flexibility index (Phi) is 3.96. The van der Waals surface area contributed by atoms with E-state index in [1.165, 1.54) is 0 Å². The van der Waals surface area contributed by atoms with E-state index < -0.39 is 12.1 Å². The molecule has 0 spiro atoms. The van der Waals surface area contributed by atoms with E-state index in [9.17, 15) is 18.0 Å². The largest absolute Gasteiger partial charge is 0.471 e. The molecular weight excluding hydrogens is 209 g/mol. The molecule has 1 atom stereocenters. The van der Waals surface area contributed by atoms with Crippen LogP contribution in [0.4, 0.5) is 13.2 Å². The van der Waals surface area contributed by atoms with Gasteiger partial charge in [0, 0.05) is 12.6 Å². The summed E-state index contributed by atoms with van der Waals surface area (Å²) in [7, 11) is 0. The van der Waals surface area contributed by atoms with Crippen molar-refractivity contribution in [1.29, 1.82) is 0 Å². The highest BCUT2D eigenvalue weighted by Gasteiger charge is 2.39. The zero-order valence-electron chi connectivity index (χ0n) is 8.60. The highest BCUT2D eigenvalue weighted by Crippen LogP contribution is 2.17. The number of hydrogen-bond acceptors (Lipinski definition) is 2. The third kappa shape index (κ3) is 3.37. The second kappa shape index (κ2) is 4.83. The predicted octanol–water partition coefficient (Wildman–Crippen LogP) is 1.15. The summed E-state index contributed by atoms with van der Waals surface area (Å²) in [5, 5.41) is 1.92. The Morgan fingerprint density at radius 2 is 2.20 bits per heavy atom. The summed E-state index contributed by atoms with van der Waals surface area (Å²) in [5.74, 6) is -1.84. The lowest BCUT2D eigenvalue weighted by Gasteiger charge is -2.23. The van der Waals surface area contributed by atoms with Crippen LogP contribution in [-0.4, -0.2) is 42.7 Å². The lowest BCUT2D eigenvalue weighted by Crippen LogP contribution is -2.44. The first-order chi connectivity index (χ1) is 6.95. The molecular formula is C9H15F3N2O. The van der Waals surface area contributed by atoms with Crippen LogP contribution >= 0.6 is 0 Å². The molecule has 0 aliphatic carbocycles. The fraction of sp³-hybridized carbons (Fsp3) is 0.889. The summed E-state index contributed by atoms with van der Waals surface area (Å²) < 4.78 is 35.6. The van der Waals surface area contributed by atoms with Gasteiger partial charge in [0.25, 0.3) is 0 Å². The molecule has 0 saturated carbocycles. The van der Waals surface area contributed by atoms with Crippen molar-refractivity contribution in [3.8, 4) is 0 Å². The van der Waals surface area contributed by atoms with E-state index >= 15 is 0 Å². The molecule has 0 bridgehead atoms. The molecule has 88 valence electrons. The van der Waals surface area contributed by atoms with Crippen molar-refractivity contribution in [1.82, 2.24) is 10.2 Å². The van der Waals surface area contributed by atoms with Crippen LogP contribution in [-0.2, 0) is 4.79 Å². The molecule has 1 unspecified atom stereocenters. The van der Waals surface area contributed by atoms with Crippen LogP contribution in [0.1, 0.15) is 19.8 Å². The molecule has 0 aromatic heterocycles. The zero-order chi connectivity index (χ0) is 11.5. The summed E-state index contributed by atoms with van der Waals surface area (Å²) >= 11 is 0. The van der Waals surface area contributed by atoms with Gasteiger partial charge in [0.1, 0.15) is 0 Å². The van der Waals surface area contributed by atoms with Gasteiger partial charge in [-0.1, -0.05) is 6.92 Å². The number of likely N-dealkylation sites (N-methyl/N-ethyl adjacent to an activating group) is 1. The Balaban J connectivity index is 2.34. The average Bonchev–Trinajstić information content (AvgIpc) is 2.59. The molecule has 1 N–H and O–H groups in total. The van der Waals surface area contributed by atoms with E-state index in [2.05, 4.69) is 4.90 Å². The van der Waals surface area contributed by atoms with Crippen molar-refractivity contribution in [3.05, 3.63) is 0 Å². The minimum atomic E-state index is -4.77. The third-order valence-electron chi connectivity index (χ3n) is 2.66.